The first-order chi connectivity index (χ1) is 14.8. The molecule has 0 bridgehead atoms. The van der Waals surface area contributed by atoms with Crippen LogP contribution >= 0.6 is 15.9 Å². The minimum atomic E-state index is -0.663. The lowest BCUT2D eigenvalue weighted by molar-refractivity contribution is 0.0931. The maximum Gasteiger partial charge on any atom is 0.276 e. The Morgan fingerprint density at radius 3 is 2.58 bits per heavy atom. The molecule has 0 spiro atoms. The molecule has 1 N–H and O–H groups in total. The molecule has 0 saturated carbocycles. The van der Waals surface area contributed by atoms with Gasteiger partial charge >= 0.3 is 0 Å². The number of nitrogens with one attached hydrogen (secondary N) is 1. The van der Waals surface area contributed by atoms with Crippen molar-refractivity contribution in [1.82, 2.24) is 15.1 Å². The van der Waals surface area contributed by atoms with E-state index >= 15 is 0 Å². The van der Waals surface area contributed by atoms with Gasteiger partial charge in [0.25, 0.3) is 5.91 Å². The van der Waals surface area contributed by atoms with E-state index in [0.29, 0.717) is 30.4 Å². The third kappa shape index (κ3) is 4.18. The smallest absolute Gasteiger partial charge is 0.276 e. The predicted molar refractivity (Wildman–Crippen MR) is 116 cm³/mol. The van der Waals surface area contributed by atoms with Crippen LogP contribution in [0.15, 0.2) is 51.7 Å². The third-order valence-corrected chi connectivity index (χ3v) is 5.57. The number of benzene rings is 2. The minimum absolute atomic E-state index is 0.150. The summed E-state index contributed by atoms with van der Waals surface area (Å²) < 4.78 is 27.4. The van der Waals surface area contributed by atoms with Crippen LogP contribution in [0, 0.1) is 12.7 Å². The van der Waals surface area contributed by atoms with E-state index in [-0.39, 0.29) is 11.4 Å². The van der Waals surface area contributed by atoms with Gasteiger partial charge in [-0.25, -0.2) is 9.07 Å². The maximum atomic E-state index is 14.2. The molecule has 0 fully saturated rings. The van der Waals surface area contributed by atoms with Crippen LogP contribution in [-0.2, 0) is 0 Å². The molecule has 1 aliphatic heterocycles. The van der Waals surface area contributed by atoms with E-state index < -0.39 is 23.2 Å². The van der Waals surface area contributed by atoms with E-state index in [1.807, 2.05) is 0 Å². The molecule has 4 rings (SSSR count). The van der Waals surface area contributed by atoms with E-state index in [9.17, 15) is 14.0 Å². The van der Waals surface area contributed by atoms with Gasteiger partial charge in [-0.2, -0.15) is 5.10 Å². The van der Waals surface area contributed by atoms with Gasteiger partial charge in [-0.05, 0) is 43.7 Å². The lowest BCUT2D eigenvalue weighted by Crippen LogP contribution is -2.33. The number of halogens is 2. The van der Waals surface area contributed by atoms with Crippen molar-refractivity contribution in [3.8, 4) is 17.2 Å². The van der Waals surface area contributed by atoms with E-state index in [1.165, 1.54) is 22.9 Å². The standard InChI is InChI=1S/C22H19BrFN3O4/c1-12-9-18(28)21(26-27(12)17-6-4-3-5-16(17)24)22(29)25-13(2)14-10-19-20(11-15(14)23)31-8-7-30-19/h3-6,9-11,13H,7-8H2,1-2H3,(H,25,29)/t13-/m0/s1. The lowest BCUT2D eigenvalue weighted by atomic mass is 10.1. The molecule has 160 valence electrons. The topological polar surface area (TPSA) is 82.5 Å². The molecule has 0 unspecified atom stereocenters. The molecule has 0 radical (unpaired) electrons. The third-order valence-electron chi connectivity index (χ3n) is 4.88. The van der Waals surface area contributed by atoms with Crippen LogP contribution in [-0.4, -0.2) is 28.9 Å². The number of rotatable bonds is 4. The first-order valence-electron chi connectivity index (χ1n) is 9.61. The number of amides is 1. The molecule has 0 aliphatic carbocycles. The summed E-state index contributed by atoms with van der Waals surface area (Å²) in [4.78, 5) is 25.3. The van der Waals surface area contributed by atoms with Gasteiger partial charge in [0.15, 0.2) is 17.2 Å². The van der Waals surface area contributed by atoms with Gasteiger partial charge in [0.1, 0.15) is 24.7 Å². The number of carbonyl (C=O) groups is 1. The van der Waals surface area contributed by atoms with Crippen LogP contribution in [0.2, 0.25) is 0 Å². The van der Waals surface area contributed by atoms with Crippen LogP contribution in [0.4, 0.5) is 4.39 Å². The zero-order valence-corrected chi connectivity index (χ0v) is 18.4. The van der Waals surface area contributed by atoms with Crippen molar-refractivity contribution in [3.05, 3.63) is 79.9 Å². The highest BCUT2D eigenvalue weighted by Crippen LogP contribution is 2.37. The fraction of sp³-hybridized carbons (Fsp3) is 0.227. The number of ether oxygens (including phenoxy) is 2. The van der Waals surface area contributed by atoms with Crippen LogP contribution in [0.25, 0.3) is 5.69 Å². The van der Waals surface area contributed by atoms with E-state index in [2.05, 4.69) is 26.3 Å². The highest BCUT2D eigenvalue weighted by atomic mass is 79.9. The second-order valence-electron chi connectivity index (χ2n) is 7.07. The average molecular weight is 488 g/mol. The molecule has 1 aromatic heterocycles. The Hall–Kier alpha value is -3.20. The van der Waals surface area contributed by atoms with Crippen LogP contribution in [0.1, 0.15) is 34.7 Å². The molecule has 2 aromatic carbocycles. The minimum Gasteiger partial charge on any atom is -0.486 e. The van der Waals surface area contributed by atoms with Gasteiger partial charge in [-0.1, -0.05) is 28.1 Å². The summed E-state index contributed by atoms with van der Waals surface area (Å²) in [6, 6.07) is 10.4. The molecule has 1 aliphatic rings. The summed E-state index contributed by atoms with van der Waals surface area (Å²) in [7, 11) is 0. The van der Waals surface area contributed by atoms with Crippen molar-refractivity contribution in [2.24, 2.45) is 0 Å². The number of aryl methyl sites for hydroxylation is 1. The predicted octanol–water partition coefficient (Wildman–Crippen LogP) is 3.70. The van der Waals surface area contributed by atoms with Gasteiger partial charge in [0.05, 0.1) is 6.04 Å². The summed E-state index contributed by atoms with van der Waals surface area (Å²) >= 11 is 3.49. The molecule has 0 saturated heterocycles. The molecule has 2 heterocycles. The number of nitrogens with zero attached hydrogens (tertiary/aromatic N) is 2. The normalized spacial score (nSPS) is 13.5. The molecule has 31 heavy (non-hydrogen) atoms. The fourth-order valence-corrected chi connectivity index (χ4v) is 3.99. The van der Waals surface area contributed by atoms with Gasteiger partial charge in [-0.15, -0.1) is 0 Å². The Labute approximate surface area is 185 Å². The Bertz CT molecular complexity index is 1230. The van der Waals surface area contributed by atoms with Crippen LogP contribution in [0.3, 0.4) is 0 Å². The molecular formula is C22H19BrFN3O4. The number of aromatic nitrogens is 2. The van der Waals surface area contributed by atoms with Crippen molar-refractivity contribution >= 4 is 21.8 Å². The molecule has 7 nitrogen and oxygen atoms in total. The number of fused-ring (bicyclic) bond motifs is 1. The second kappa shape index (κ2) is 8.50. The Balaban J connectivity index is 1.64. The molecule has 1 amide bonds. The second-order valence-corrected chi connectivity index (χ2v) is 7.93. The van der Waals surface area contributed by atoms with E-state index in [1.54, 1.807) is 38.1 Å². The van der Waals surface area contributed by atoms with Crippen molar-refractivity contribution in [1.29, 1.82) is 0 Å². The zero-order chi connectivity index (χ0) is 22.1. The molecular weight excluding hydrogens is 469 g/mol. The molecule has 1 atom stereocenters. The lowest BCUT2D eigenvalue weighted by Gasteiger charge is -2.22. The Morgan fingerprint density at radius 1 is 1.19 bits per heavy atom. The quantitative estimate of drug-likeness (QED) is 0.606. The maximum absolute atomic E-state index is 14.2. The fourth-order valence-electron chi connectivity index (χ4n) is 3.33. The van der Waals surface area contributed by atoms with Gasteiger partial charge in [0, 0.05) is 16.2 Å². The van der Waals surface area contributed by atoms with Crippen molar-refractivity contribution in [3.63, 3.8) is 0 Å². The van der Waals surface area contributed by atoms with Gasteiger partial charge < -0.3 is 14.8 Å². The highest BCUT2D eigenvalue weighted by molar-refractivity contribution is 9.10. The summed E-state index contributed by atoms with van der Waals surface area (Å²) in [6.45, 7) is 4.31. The Kier molecular flexibility index (Phi) is 5.77. The largest absolute Gasteiger partial charge is 0.486 e. The van der Waals surface area contributed by atoms with Gasteiger partial charge in [-0.3, -0.25) is 9.59 Å². The summed E-state index contributed by atoms with van der Waals surface area (Å²) in [5.41, 5.74) is 0.440. The zero-order valence-electron chi connectivity index (χ0n) is 16.8. The first kappa shape index (κ1) is 21.0. The van der Waals surface area contributed by atoms with Crippen molar-refractivity contribution in [2.75, 3.05) is 13.2 Å². The van der Waals surface area contributed by atoms with Gasteiger partial charge in [0.2, 0.25) is 5.43 Å². The average Bonchev–Trinajstić information content (AvgIpc) is 2.74. The molecule has 9 heteroatoms. The highest BCUT2D eigenvalue weighted by Gasteiger charge is 2.22. The van der Waals surface area contributed by atoms with Crippen molar-refractivity contribution in [2.45, 2.75) is 19.9 Å². The monoisotopic (exact) mass is 487 g/mol. The summed E-state index contributed by atoms with van der Waals surface area (Å²) in [5, 5.41) is 6.92. The molecule has 3 aromatic rings. The Morgan fingerprint density at radius 2 is 1.87 bits per heavy atom. The van der Waals surface area contributed by atoms with E-state index in [4.69, 9.17) is 9.47 Å². The van der Waals surface area contributed by atoms with Crippen molar-refractivity contribution < 1.29 is 18.7 Å². The number of hydrogen-bond donors (Lipinski definition) is 1. The summed E-state index contributed by atoms with van der Waals surface area (Å²) in [6.07, 6.45) is 0. The first-order valence-corrected chi connectivity index (χ1v) is 10.4. The van der Waals surface area contributed by atoms with E-state index in [0.717, 1.165) is 10.0 Å². The number of carbonyl (C=O) groups excluding carboxylic acids is 1. The number of hydrogen-bond acceptors (Lipinski definition) is 5. The summed E-state index contributed by atoms with van der Waals surface area (Å²) in [5.74, 6) is 0.0281. The number of para-hydroxylation sites is 1. The SMILES string of the molecule is Cc1cc(=O)c(C(=O)N[C@@H](C)c2cc3c(cc2Br)OCCO3)nn1-c1ccccc1F. The van der Waals surface area contributed by atoms with Crippen LogP contribution in [0.5, 0.6) is 11.5 Å². The van der Waals surface area contributed by atoms with Crippen LogP contribution < -0.4 is 20.2 Å².